The number of epoxide rings is 1. The van der Waals surface area contributed by atoms with Crippen LogP contribution >= 0.6 is 0 Å². The van der Waals surface area contributed by atoms with Crippen molar-refractivity contribution < 1.29 is 14.9 Å². The highest BCUT2D eigenvalue weighted by molar-refractivity contribution is 5.36. The van der Waals surface area contributed by atoms with Crippen molar-refractivity contribution in [2.24, 2.45) is 0 Å². The van der Waals surface area contributed by atoms with Crippen molar-refractivity contribution in [3.05, 3.63) is 59.7 Å². The van der Waals surface area contributed by atoms with E-state index in [1.54, 1.807) is 24.3 Å². The zero-order valence-electron chi connectivity index (χ0n) is 10.9. The van der Waals surface area contributed by atoms with Crippen LogP contribution in [0.25, 0.3) is 0 Å². The lowest BCUT2D eigenvalue weighted by atomic mass is 9.93. The van der Waals surface area contributed by atoms with Gasteiger partial charge in [-0.2, -0.15) is 0 Å². The first-order valence-corrected chi connectivity index (χ1v) is 6.32. The SMILES string of the molecule is C1CO1.CC(c1ccc(O)cc1)c1ccc(O)cc1. The monoisotopic (exact) mass is 258 g/mol. The van der Waals surface area contributed by atoms with E-state index in [9.17, 15) is 10.2 Å². The Balaban J connectivity index is 0.000000390. The van der Waals surface area contributed by atoms with Crippen molar-refractivity contribution >= 4 is 0 Å². The van der Waals surface area contributed by atoms with Gasteiger partial charge in [0.2, 0.25) is 0 Å². The van der Waals surface area contributed by atoms with Crippen LogP contribution in [0.2, 0.25) is 0 Å². The van der Waals surface area contributed by atoms with Crippen molar-refractivity contribution in [2.45, 2.75) is 12.8 Å². The summed E-state index contributed by atoms with van der Waals surface area (Å²) >= 11 is 0. The molecule has 2 N–H and O–H groups in total. The first kappa shape index (κ1) is 13.4. The molecule has 1 saturated heterocycles. The molecular weight excluding hydrogens is 240 g/mol. The quantitative estimate of drug-likeness (QED) is 0.813. The zero-order valence-corrected chi connectivity index (χ0v) is 10.9. The van der Waals surface area contributed by atoms with Crippen LogP contribution in [0, 0.1) is 0 Å². The molecule has 0 aliphatic carbocycles. The number of rotatable bonds is 2. The molecule has 0 unspecified atom stereocenters. The second kappa shape index (κ2) is 6.25. The summed E-state index contributed by atoms with van der Waals surface area (Å²) in [7, 11) is 0. The molecule has 19 heavy (non-hydrogen) atoms. The molecule has 1 fully saturated rings. The third-order valence-corrected chi connectivity index (χ3v) is 2.99. The molecule has 2 aromatic carbocycles. The second-order valence-corrected chi connectivity index (χ2v) is 4.52. The topological polar surface area (TPSA) is 53.0 Å². The molecule has 1 aliphatic rings. The van der Waals surface area contributed by atoms with Gasteiger partial charge in [0.05, 0.1) is 13.2 Å². The predicted octanol–water partition coefficient (Wildman–Crippen LogP) is 3.27. The minimum atomic E-state index is 0.251. The molecule has 1 heterocycles. The van der Waals surface area contributed by atoms with E-state index in [2.05, 4.69) is 11.7 Å². The molecule has 2 aromatic rings. The Morgan fingerprint density at radius 3 is 1.37 bits per heavy atom. The van der Waals surface area contributed by atoms with Crippen molar-refractivity contribution in [3.63, 3.8) is 0 Å². The number of phenolic OH excluding ortho intramolecular Hbond substituents is 2. The standard InChI is InChI=1S/C14H14O2.C2H4O/c1-10(11-2-6-13(15)7-3-11)12-4-8-14(16)9-5-12;1-2-3-1/h2-10,15-16H,1H3;1-2H2. The Labute approximate surface area is 113 Å². The van der Waals surface area contributed by atoms with Gasteiger partial charge in [0.25, 0.3) is 0 Å². The van der Waals surface area contributed by atoms with Crippen LogP contribution in [0.4, 0.5) is 0 Å². The summed E-state index contributed by atoms with van der Waals surface area (Å²) in [5, 5.41) is 18.4. The maximum absolute atomic E-state index is 9.21. The van der Waals surface area contributed by atoms with E-state index < -0.39 is 0 Å². The maximum atomic E-state index is 9.21. The van der Waals surface area contributed by atoms with Crippen molar-refractivity contribution in [2.75, 3.05) is 13.2 Å². The number of hydrogen-bond acceptors (Lipinski definition) is 3. The van der Waals surface area contributed by atoms with Gasteiger partial charge in [-0.3, -0.25) is 0 Å². The van der Waals surface area contributed by atoms with Gasteiger partial charge in [-0.15, -0.1) is 0 Å². The van der Waals surface area contributed by atoms with Crippen LogP contribution in [0.15, 0.2) is 48.5 Å². The fourth-order valence-corrected chi connectivity index (χ4v) is 1.72. The Kier molecular flexibility index (Phi) is 4.42. The average molecular weight is 258 g/mol. The van der Waals surface area contributed by atoms with E-state index in [0.717, 1.165) is 24.3 Å². The summed E-state index contributed by atoms with van der Waals surface area (Å²) in [6.45, 7) is 4.10. The lowest BCUT2D eigenvalue weighted by molar-refractivity contribution is 0.475. The Bertz CT molecular complexity index is 452. The van der Waals surface area contributed by atoms with Crippen molar-refractivity contribution in [3.8, 4) is 11.5 Å². The first-order valence-electron chi connectivity index (χ1n) is 6.32. The van der Waals surface area contributed by atoms with E-state index in [1.807, 2.05) is 24.3 Å². The van der Waals surface area contributed by atoms with Gasteiger partial charge in [-0.1, -0.05) is 31.2 Å². The summed E-state index contributed by atoms with van der Waals surface area (Å²) in [4.78, 5) is 0. The lowest BCUT2D eigenvalue weighted by Crippen LogP contribution is -1.94. The largest absolute Gasteiger partial charge is 0.508 e. The Morgan fingerprint density at radius 2 is 1.11 bits per heavy atom. The first-order chi connectivity index (χ1) is 9.16. The van der Waals surface area contributed by atoms with E-state index in [1.165, 1.54) is 0 Å². The number of phenols is 2. The molecule has 0 radical (unpaired) electrons. The molecule has 0 atom stereocenters. The van der Waals surface area contributed by atoms with Gasteiger partial charge in [0, 0.05) is 5.92 Å². The molecule has 0 aromatic heterocycles. The smallest absolute Gasteiger partial charge is 0.115 e. The van der Waals surface area contributed by atoms with Crippen LogP contribution < -0.4 is 0 Å². The maximum Gasteiger partial charge on any atom is 0.115 e. The van der Waals surface area contributed by atoms with Crippen molar-refractivity contribution in [1.29, 1.82) is 0 Å². The molecule has 0 spiro atoms. The van der Waals surface area contributed by atoms with Crippen LogP contribution in [0.5, 0.6) is 11.5 Å². The molecule has 0 saturated carbocycles. The highest BCUT2D eigenvalue weighted by Gasteiger charge is 2.07. The number of aromatic hydroxyl groups is 2. The number of hydrogen-bond donors (Lipinski definition) is 2. The van der Waals surface area contributed by atoms with Gasteiger partial charge in [0.15, 0.2) is 0 Å². The van der Waals surface area contributed by atoms with Crippen LogP contribution in [-0.4, -0.2) is 23.4 Å². The van der Waals surface area contributed by atoms with Gasteiger partial charge in [-0.05, 0) is 35.4 Å². The molecule has 1 aliphatic heterocycles. The molecule has 3 heteroatoms. The van der Waals surface area contributed by atoms with Gasteiger partial charge in [0.1, 0.15) is 11.5 Å². The van der Waals surface area contributed by atoms with Gasteiger partial charge in [-0.25, -0.2) is 0 Å². The van der Waals surface area contributed by atoms with E-state index in [-0.39, 0.29) is 17.4 Å². The average Bonchev–Trinajstić information content (AvgIpc) is 3.28. The second-order valence-electron chi connectivity index (χ2n) is 4.52. The van der Waals surface area contributed by atoms with Gasteiger partial charge >= 0.3 is 0 Å². The fraction of sp³-hybridized carbons (Fsp3) is 0.250. The molecule has 0 bridgehead atoms. The van der Waals surface area contributed by atoms with Crippen LogP contribution in [0.3, 0.4) is 0 Å². The lowest BCUT2D eigenvalue weighted by Gasteiger charge is -2.12. The molecular formula is C16H18O3. The highest BCUT2D eigenvalue weighted by Crippen LogP contribution is 2.26. The Morgan fingerprint density at radius 1 is 0.789 bits per heavy atom. The normalized spacial score (nSPS) is 12.7. The summed E-state index contributed by atoms with van der Waals surface area (Å²) in [6.07, 6.45) is 0. The summed E-state index contributed by atoms with van der Waals surface area (Å²) in [5.41, 5.74) is 2.28. The summed E-state index contributed by atoms with van der Waals surface area (Å²) < 4.78 is 4.50. The zero-order chi connectivity index (χ0) is 13.7. The summed E-state index contributed by atoms with van der Waals surface area (Å²) in [6, 6.07) is 14.4. The number of benzene rings is 2. The minimum Gasteiger partial charge on any atom is -0.508 e. The molecule has 0 amide bonds. The van der Waals surface area contributed by atoms with Gasteiger partial charge < -0.3 is 14.9 Å². The molecule has 3 nitrogen and oxygen atoms in total. The van der Waals surface area contributed by atoms with Crippen LogP contribution in [0.1, 0.15) is 24.0 Å². The summed E-state index contributed by atoms with van der Waals surface area (Å²) in [5.74, 6) is 0.810. The Hall–Kier alpha value is -2.00. The van der Waals surface area contributed by atoms with E-state index in [0.29, 0.717) is 0 Å². The third kappa shape index (κ3) is 4.30. The molecule has 100 valence electrons. The highest BCUT2D eigenvalue weighted by atomic mass is 16.6. The number of ether oxygens (including phenoxy) is 1. The van der Waals surface area contributed by atoms with E-state index in [4.69, 9.17) is 0 Å². The molecule has 3 rings (SSSR count). The predicted molar refractivity (Wildman–Crippen MR) is 74.5 cm³/mol. The third-order valence-electron chi connectivity index (χ3n) is 2.99. The fourth-order valence-electron chi connectivity index (χ4n) is 1.72. The van der Waals surface area contributed by atoms with Crippen LogP contribution in [-0.2, 0) is 4.74 Å². The minimum absolute atomic E-state index is 0.251. The van der Waals surface area contributed by atoms with E-state index >= 15 is 0 Å². The van der Waals surface area contributed by atoms with Crippen molar-refractivity contribution in [1.82, 2.24) is 0 Å².